The fourth-order valence-electron chi connectivity index (χ4n) is 4.07. The fourth-order valence-corrected chi connectivity index (χ4v) is 4.26. The Bertz CT molecular complexity index is 1230. The molecule has 1 aliphatic rings. The summed E-state index contributed by atoms with van der Waals surface area (Å²) >= 11 is 6.16. The molecule has 3 aromatic heterocycles. The van der Waals surface area contributed by atoms with Crippen LogP contribution in [-0.2, 0) is 4.79 Å². The molecular formula is C22H21ClN6O3. The van der Waals surface area contributed by atoms with E-state index in [-0.39, 0.29) is 0 Å². The molecule has 0 aliphatic carbocycles. The molecular weight excluding hydrogens is 432 g/mol. The Morgan fingerprint density at radius 3 is 2.72 bits per heavy atom. The largest absolute Gasteiger partial charge is 0.495 e. The average molecular weight is 453 g/mol. The van der Waals surface area contributed by atoms with Crippen molar-refractivity contribution < 1.29 is 13.9 Å². The summed E-state index contributed by atoms with van der Waals surface area (Å²) in [5.74, 6) is 1.04. The van der Waals surface area contributed by atoms with Gasteiger partial charge in [0.15, 0.2) is 18.1 Å². The van der Waals surface area contributed by atoms with Crippen molar-refractivity contribution in [2.75, 3.05) is 38.2 Å². The van der Waals surface area contributed by atoms with Crippen LogP contribution in [0.5, 0.6) is 5.75 Å². The topological polar surface area (TPSA) is 89.5 Å². The smallest absolute Gasteiger partial charge is 0.245 e. The number of rotatable bonds is 6. The summed E-state index contributed by atoms with van der Waals surface area (Å²) in [6.45, 7) is 2.82. The van der Waals surface area contributed by atoms with Crippen LogP contribution in [0.3, 0.4) is 0 Å². The summed E-state index contributed by atoms with van der Waals surface area (Å²) in [7, 11) is 1.60. The number of carbonyl (C=O) groups is 1. The van der Waals surface area contributed by atoms with Gasteiger partial charge in [-0.15, -0.1) is 5.10 Å². The lowest BCUT2D eigenvalue weighted by atomic mass is 10.2. The average Bonchev–Trinajstić information content (AvgIpc) is 3.48. The maximum absolute atomic E-state index is 12.3. The molecule has 4 aromatic rings. The van der Waals surface area contributed by atoms with Gasteiger partial charge in [0, 0.05) is 44.1 Å². The van der Waals surface area contributed by atoms with E-state index in [1.54, 1.807) is 24.2 Å². The van der Waals surface area contributed by atoms with E-state index in [1.807, 2.05) is 30.3 Å². The van der Waals surface area contributed by atoms with Crippen LogP contribution in [0.2, 0.25) is 5.02 Å². The molecule has 0 bridgehead atoms. The van der Waals surface area contributed by atoms with Crippen LogP contribution in [0.15, 0.2) is 53.4 Å². The molecule has 1 fully saturated rings. The van der Waals surface area contributed by atoms with E-state index >= 15 is 0 Å². The summed E-state index contributed by atoms with van der Waals surface area (Å²) in [6, 6.07) is 9.47. The van der Waals surface area contributed by atoms with Gasteiger partial charge in [0.2, 0.25) is 5.89 Å². The molecule has 0 amide bonds. The van der Waals surface area contributed by atoms with Gasteiger partial charge in [0.1, 0.15) is 17.7 Å². The number of ether oxygens (including phenoxy) is 1. The maximum atomic E-state index is 12.3. The van der Waals surface area contributed by atoms with Crippen LogP contribution in [0.25, 0.3) is 22.6 Å². The number of hydrogen-bond donors (Lipinski definition) is 0. The fraction of sp³-hybridized carbons (Fsp3) is 0.273. The zero-order valence-electron chi connectivity index (χ0n) is 17.4. The van der Waals surface area contributed by atoms with Crippen molar-refractivity contribution in [2.45, 2.75) is 6.17 Å². The van der Waals surface area contributed by atoms with Crippen LogP contribution in [-0.4, -0.2) is 64.2 Å². The number of fused-ring (bicyclic) bond motifs is 1. The van der Waals surface area contributed by atoms with Crippen molar-refractivity contribution in [3.63, 3.8) is 0 Å². The normalized spacial score (nSPS) is 15.8. The Hall–Kier alpha value is -3.43. The van der Waals surface area contributed by atoms with Crippen molar-refractivity contribution in [1.29, 1.82) is 0 Å². The molecule has 4 heterocycles. The summed E-state index contributed by atoms with van der Waals surface area (Å²) in [6.07, 6.45) is 5.05. The summed E-state index contributed by atoms with van der Waals surface area (Å²) in [5, 5.41) is 5.98. The minimum absolute atomic E-state index is 0.402. The first kappa shape index (κ1) is 20.5. The molecule has 164 valence electrons. The second-order valence-electron chi connectivity index (χ2n) is 7.40. The number of oxazole rings is 1. The van der Waals surface area contributed by atoms with E-state index < -0.39 is 6.17 Å². The number of methoxy groups -OCH3 is 1. The van der Waals surface area contributed by atoms with Gasteiger partial charge >= 0.3 is 0 Å². The van der Waals surface area contributed by atoms with E-state index in [2.05, 4.69) is 24.9 Å². The summed E-state index contributed by atoms with van der Waals surface area (Å²) < 4.78 is 12.6. The van der Waals surface area contributed by atoms with Crippen LogP contribution < -0.4 is 9.64 Å². The number of hydrogen-bond acceptors (Lipinski definition) is 8. The Morgan fingerprint density at radius 1 is 1.16 bits per heavy atom. The molecule has 9 nitrogen and oxygen atoms in total. The van der Waals surface area contributed by atoms with Gasteiger partial charge in [-0.1, -0.05) is 11.6 Å². The number of benzene rings is 1. The molecule has 10 heteroatoms. The van der Waals surface area contributed by atoms with E-state index in [9.17, 15) is 4.79 Å². The molecule has 0 saturated carbocycles. The third-order valence-corrected chi connectivity index (χ3v) is 5.98. The van der Waals surface area contributed by atoms with E-state index in [0.29, 0.717) is 41.1 Å². The molecule has 1 aromatic carbocycles. The Balaban J connectivity index is 1.42. The Labute approximate surface area is 189 Å². The highest BCUT2D eigenvalue weighted by Gasteiger charge is 2.30. The standard InChI is InChI=1S/C22H21ClN6O3/c1-31-18-13-15(4-5-17(18)23)27-8-10-28(11-9-27)19(14-30)29-20(22-25-7-12-32-22)16-3-2-6-24-21(16)26-29/h2-7,12-14,19H,8-11H2,1H3. The molecule has 1 unspecified atom stereocenters. The van der Waals surface area contributed by atoms with Crippen LogP contribution in [0.4, 0.5) is 5.69 Å². The first-order valence-corrected chi connectivity index (χ1v) is 10.6. The highest BCUT2D eigenvalue weighted by atomic mass is 35.5. The lowest BCUT2D eigenvalue weighted by molar-refractivity contribution is -0.115. The first-order valence-electron chi connectivity index (χ1n) is 10.2. The van der Waals surface area contributed by atoms with Crippen LogP contribution in [0.1, 0.15) is 6.17 Å². The molecule has 5 rings (SSSR count). The Kier molecular flexibility index (Phi) is 5.50. The quantitative estimate of drug-likeness (QED) is 0.412. The third-order valence-electron chi connectivity index (χ3n) is 5.67. The molecule has 0 spiro atoms. The number of aldehydes is 1. The van der Waals surface area contributed by atoms with Crippen molar-refractivity contribution in [2.24, 2.45) is 0 Å². The van der Waals surface area contributed by atoms with Gasteiger partial charge in [0.05, 0.1) is 23.7 Å². The van der Waals surface area contributed by atoms with Gasteiger partial charge in [-0.05, 0) is 24.3 Å². The minimum atomic E-state index is -0.604. The number of aromatic nitrogens is 4. The highest BCUT2D eigenvalue weighted by molar-refractivity contribution is 6.32. The third kappa shape index (κ3) is 3.59. The van der Waals surface area contributed by atoms with E-state index in [0.717, 1.165) is 30.4 Å². The Morgan fingerprint density at radius 2 is 2.00 bits per heavy atom. The predicted molar refractivity (Wildman–Crippen MR) is 120 cm³/mol. The molecule has 1 atom stereocenters. The SMILES string of the molecule is COc1cc(N2CCN(C(C=O)n3nc4ncccc4c3-c3ncco3)CC2)ccc1Cl. The molecule has 0 N–H and O–H groups in total. The molecule has 1 saturated heterocycles. The van der Waals surface area contributed by atoms with Gasteiger partial charge < -0.3 is 14.1 Å². The van der Waals surface area contributed by atoms with Crippen molar-refractivity contribution in [3.8, 4) is 17.3 Å². The maximum Gasteiger partial charge on any atom is 0.245 e. The van der Waals surface area contributed by atoms with E-state index in [4.69, 9.17) is 20.8 Å². The number of halogens is 1. The number of carbonyl (C=O) groups excluding carboxylic acids is 1. The lowest BCUT2D eigenvalue weighted by Gasteiger charge is -2.38. The summed E-state index contributed by atoms with van der Waals surface area (Å²) in [5.41, 5.74) is 2.21. The zero-order valence-corrected chi connectivity index (χ0v) is 18.1. The number of pyridine rings is 1. The van der Waals surface area contributed by atoms with Crippen molar-refractivity contribution in [1.82, 2.24) is 24.6 Å². The van der Waals surface area contributed by atoms with Crippen molar-refractivity contribution in [3.05, 3.63) is 54.0 Å². The number of anilines is 1. The zero-order chi connectivity index (χ0) is 22.1. The van der Waals surface area contributed by atoms with Crippen LogP contribution in [0, 0.1) is 0 Å². The minimum Gasteiger partial charge on any atom is -0.495 e. The van der Waals surface area contributed by atoms with E-state index in [1.165, 1.54) is 6.26 Å². The van der Waals surface area contributed by atoms with Gasteiger partial charge in [-0.3, -0.25) is 9.69 Å². The second-order valence-corrected chi connectivity index (χ2v) is 7.80. The molecule has 32 heavy (non-hydrogen) atoms. The summed E-state index contributed by atoms with van der Waals surface area (Å²) in [4.78, 5) is 25.2. The first-order chi connectivity index (χ1) is 15.7. The van der Waals surface area contributed by atoms with Crippen LogP contribution >= 0.6 is 11.6 Å². The van der Waals surface area contributed by atoms with Gasteiger partial charge in [0.25, 0.3) is 0 Å². The number of piperazine rings is 1. The molecule has 1 aliphatic heterocycles. The predicted octanol–water partition coefficient (Wildman–Crippen LogP) is 3.27. The van der Waals surface area contributed by atoms with Gasteiger partial charge in [-0.2, -0.15) is 0 Å². The monoisotopic (exact) mass is 452 g/mol. The lowest BCUT2D eigenvalue weighted by Crippen LogP contribution is -2.49. The van der Waals surface area contributed by atoms with Crippen molar-refractivity contribution >= 4 is 34.6 Å². The van der Waals surface area contributed by atoms with Gasteiger partial charge in [-0.25, -0.2) is 14.6 Å². The second kappa shape index (κ2) is 8.60. The number of nitrogens with zero attached hydrogens (tertiary/aromatic N) is 6. The molecule has 0 radical (unpaired) electrons. The highest BCUT2D eigenvalue weighted by Crippen LogP contribution is 2.32.